The molecule has 0 aliphatic heterocycles. The lowest BCUT2D eigenvalue weighted by Crippen LogP contribution is -2.48. The third-order valence-electron chi connectivity index (χ3n) is 7.00. The molecule has 1 aliphatic carbocycles. The van der Waals surface area contributed by atoms with Crippen LogP contribution in [0.25, 0.3) is 0 Å². The molecule has 210 valence electrons. The molecule has 2 unspecified atom stereocenters. The van der Waals surface area contributed by atoms with E-state index in [4.69, 9.17) is 14.2 Å². The van der Waals surface area contributed by atoms with Gasteiger partial charge < -0.3 is 14.2 Å². The number of hydrogen-bond acceptors (Lipinski definition) is 6. The monoisotopic (exact) mass is 510 g/mol. The number of rotatable bonds is 21. The molecule has 0 aromatic rings. The summed E-state index contributed by atoms with van der Waals surface area (Å²) in [6.45, 7) is 6.50. The van der Waals surface area contributed by atoms with E-state index in [0.29, 0.717) is 32.1 Å². The van der Waals surface area contributed by atoms with Gasteiger partial charge in [0.25, 0.3) is 0 Å². The highest BCUT2D eigenvalue weighted by Gasteiger charge is 2.40. The zero-order valence-electron chi connectivity index (χ0n) is 23.5. The Bertz CT molecular complexity index is 554. The van der Waals surface area contributed by atoms with Crippen molar-refractivity contribution in [1.82, 2.24) is 0 Å². The second kappa shape index (κ2) is 21.5. The molecule has 1 rings (SSSR count). The predicted molar refractivity (Wildman–Crippen MR) is 144 cm³/mol. The highest BCUT2D eigenvalue weighted by molar-refractivity contribution is 5.71. The van der Waals surface area contributed by atoms with Crippen LogP contribution in [0.15, 0.2) is 0 Å². The van der Waals surface area contributed by atoms with E-state index in [1.807, 2.05) is 0 Å². The fraction of sp³-hybridized carbons (Fsp3) is 0.900. The van der Waals surface area contributed by atoms with E-state index in [1.165, 1.54) is 19.3 Å². The number of esters is 3. The molecule has 0 aromatic heterocycles. The van der Waals surface area contributed by atoms with Gasteiger partial charge in [-0.3, -0.25) is 14.4 Å². The molecule has 6 heteroatoms. The molecule has 0 saturated heterocycles. The third-order valence-corrected chi connectivity index (χ3v) is 7.00. The van der Waals surface area contributed by atoms with Crippen LogP contribution in [0.4, 0.5) is 0 Å². The van der Waals surface area contributed by atoms with Gasteiger partial charge in [0.1, 0.15) is 12.2 Å². The summed E-state index contributed by atoms with van der Waals surface area (Å²) in [5, 5.41) is 0. The second-order valence-electron chi connectivity index (χ2n) is 10.4. The minimum absolute atomic E-state index is 0.250. The minimum atomic E-state index is -0.713. The van der Waals surface area contributed by atoms with E-state index in [2.05, 4.69) is 20.8 Å². The Labute approximate surface area is 220 Å². The summed E-state index contributed by atoms with van der Waals surface area (Å²) in [7, 11) is 0. The van der Waals surface area contributed by atoms with Crippen LogP contribution in [0, 0.1) is 0 Å². The lowest BCUT2D eigenvalue weighted by molar-refractivity contribution is -0.192. The molecule has 0 spiro atoms. The molecule has 0 aromatic carbocycles. The number of carbonyl (C=O) groups excluding carboxylic acids is 3. The van der Waals surface area contributed by atoms with Crippen LogP contribution in [-0.2, 0) is 28.6 Å². The molecule has 0 amide bonds. The zero-order valence-corrected chi connectivity index (χ0v) is 23.5. The first kappa shape index (κ1) is 32.4. The average molecular weight is 511 g/mol. The second-order valence-corrected chi connectivity index (χ2v) is 10.4. The first-order valence-corrected chi connectivity index (χ1v) is 15.1. The largest absolute Gasteiger partial charge is 0.458 e. The van der Waals surface area contributed by atoms with Gasteiger partial charge in [0.2, 0.25) is 0 Å². The number of hydrogen-bond donors (Lipinski definition) is 0. The van der Waals surface area contributed by atoms with Gasteiger partial charge in [0.05, 0.1) is 0 Å². The van der Waals surface area contributed by atoms with Crippen LogP contribution in [0.1, 0.15) is 156 Å². The Hall–Kier alpha value is -1.59. The summed E-state index contributed by atoms with van der Waals surface area (Å²) < 4.78 is 17.4. The number of unbranched alkanes of at least 4 members (excludes halogenated alkanes) is 12. The van der Waals surface area contributed by atoms with Crippen molar-refractivity contribution in [2.24, 2.45) is 0 Å². The minimum Gasteiger partial charge on any atom is -0.458 e. The summed E-state index contributed by atoms with van der Waals surface area (Å²) in [4.78, 5) is 37.7. The average Bonchev–Trinajstić information content (AvgIpc) is 2.85. The van der Waals surface area contributed by atoms with Crippen LogP contribution in [0.3, 0.4) is 0 Å². The molecule has 2 atom stereocenters. The molecule has 6 nitrogen and oxygen atoms in total. The van der Waals surface area contributed by atoms with Crippen LogP contribution in [-0.4, -0.2) is 36.2 Å². The molecule has 0 radical (unpaired) electrons. The van der Waals surface area contributed by atoms with Crippen molar-refractivity contribution < 1.29 is 28.6 Å². The van der Waals surface area contributed by atoms with Crippen molar-refractivity contribution in [2.45, 2.75) is 174 Å². The van der Waals surface area contributed by atoms with Crippen molar-refractivity contribution in [3.8, 4) is 0 Å². The van der Waals surface area contributed by atoms with Crippen molar-refractivity contribution in [1.29, 1.82) is 0 Å². The maximum absolute atomic E-state index is 12.6. The highest BCUT2D eigenvalue weighted by atomic mass is 16.6. The normalized spacial score (nSPS) is 19.6. The van der Waals surface area contributed by atoms with Crippen LogP contribution in [0.5, 0.6) is 0 Å². The van der Waals surface area contributed by atoms with E-state index in [-0.39, 0.29) is 17.9 Å². The smallest absolute Gasteiger partial charge is 0.306 e. The number of ether oxygens (including phenoxy) is 3. The molecule has 1 fully saturated rings. The molecule has 1 saturated carbocycles. The Morgan fingerprint density at radius 2 is 0.833 bits per heavy atom. The highest BCUT2D eigenvalue weighted by Crippen LogP contribution is 2.29. The Morgan fingerprint density at radius 3 is 1.19 bits per heavy atom. The van der Waals surface area contributed by atoms with Crippen LogP contribution < -0.4 is 0 Å². The Morgan fingerprint density at radius 1 is 0.500 bits per heavy atom. The van der Waals surface area contributed by atoms with Crippen molar-refractivity contribution in [3.63, 3.8) is 0 Å². The third kappa shape index (κ3) is 15.5. The topological polar surface area (TPSA) is 78.9 Å². The molecule has 36 heavy (non-hydrogen) atoms. The molecule has 0 bridgehead atoms. The summed E-state index contributed by atoms with van der Waals surface area (Å²) >= 11 is 0. The number of carbonyl (C=O) groups is 3. The van der Waals surface area contributed by atoms with Gasteiger partial charge in [-0.05, 0) is 38.5 Å². The Balaban J connectivity index is 2.65. The van der Waals surface area contributed by atoms with E-state index in [1.54, 1.807) is 0 Å². The van der Waals surface area contributed by atoms with E-state index < -0.39 is 18.3 Å². The standard InChI is InChI=1S/C30H54O6/c1-4-7-10-13-16-22-27(31)34-25-20-19-21-26(35-28(32)23-17-14-11-8-5-2)30(25)36-29(33)24-18-15-12-9-6-3/h25-26,30H,4-24H2,1-3H3. The summed E-state index contributed by atoms with van der Waals surface area (Å²) in [5.41, 5.74) is 0. The van der Waals surface area contributed by atoms with Gasteiger partial charge in [-0.1, -0.05) is 97.8 Å². The van der Waals surface area contributed by atoms with Crippen molar-refractivity contribution >= 4 is 17.9 Å². The van der Waals surface area contributed by atoms with E-state index >= 15 is 0 Å². The molecule has 0 N–H and O–H groups in total. The summed E-state index contributed by atoms with van der Waals surface area (Å²) in [6, 6.07) is 0. The fourth-order valence-electron chi connectivity index (χ4n) is 4.78. The predicted octanol–water partition coefficient (Wildman–Crippen LogP) is 7.99. The van der Waals surface area contributed by atoms with Crippen LogP contribution in [0.2, 0.25) is 0 Å². The van der Waals surface area contributed by atoms with Gasteiger partial charge >= 0.3 is 17.9 Å². The fourth-order valence-corrected chi connectivity index (χ4v) is 4.78. The molecule has 1 aliphatic rings. The summed E-state index contributed by atoms with van der Waals surface area (Å²) in [5.74, 6) is -0.792. The van der Waals surface area contributed by atoms with Crippen molar-refractivity contribution in [2.75, 3.05) is 0 Å². The first-order chi connectivity index (χ1) is 17.5. The van der Waals surface area contributed by atoms with Gasteiger partial charge in [-0.2, -0.15) is 0 Å². The lowest BCUT2D eigenvalue weighted by atomic mass is 9.91. The molecular weight excluding hydrogens is 456 g/mol. The quantitative estimate of drug-likeness (QED) is 0.0884. The SMILES string of the molecule is CCCCCCCC(=O)OC1CCCC(OC(=O)CCCCCCC)C1OC(=O)CCCCCCC. The van der Waals surface area contributed by atoms with Gasteiger partial charge in [-0.25, -0.2) is 0 Å². The molecule has 0 heterocycles. The van der Waals surface area contributed by atoms with E-state index in [0.717, 1.165) is 83.5 Å². The van der Waals surface area contributed by atoms with Crippen molar-refractivity contribution in [3.05, 3.63) is 0 Å². The van der Waals surface area contributed by atoms with E-state index in [9.17, 15) is 14.4 Å². The lowest BCUT2D eigenvalue weighted by Gasteiger charge is -2.36. The van der Waals surface area contributed by atoms with Gasteiger partial charge in [-0.15, -0.1) is 0 Å². The zero-order chi connectivity index (χ0) is 26.4. The maximum Gasteiger partial charge on any atom is 0.306 e. The molecular formula is C30H54O6. The van der Waals surface area contributed by atoms with Crippen LogP contribution >= 0.6 is 0 Å². The maximum atomic E-state index is 12.6. The first-order valence-electron chi connectivity index (χ1n) is 15.1. The van der Waals surface area contributed by atoms with Gasteiger partial charge in [0.15, 0.2) is 6.10 Å². The Kier molecular flexibility index (Phi) is 19.4. The van der Waals surface area contributed by atoms with Gasteiger partial charge in [0, 0.05) is 19.3 Å². The summed E-state index contributed by atoms with van der Waals surface area (Å²) in [6.07, 6.45) is 17.1.